The van der Waals surface area contributed by atoms with Gasteiger partial charge in [0.2, 0.25) is 5.91 Å². The van der Waals surface area contributed by atoms with E-state index in [9.17, 15) is 9.18 Å². The second kappa shape index (κ2) is 7.71. The standard InChI is InChI=1S/C18H20FNO2/c1-13-10-16(8-9-17(13)19)11-20-18(21)14(2)22-12-15-6-4-3-5-7-15/h3-10,14H,11-12H2,1-2H3,(H,20,21)/t14-/m0/s1. The lowest BCUT2D eigenvalue weighted by Gasteiger charge is -2.14. The Morgan fingerprint density at radius 1 is 1.18 bits per heavy atom. The molecule has 1 N–H and O–H groups in total. The van der Waals surface area contributed by atoms with Gasteiger partial charge in [0.05, 0.1) is 6.61 Å². The quantitative estimate of drug-likeness (QED) is 0.888. The fourth-order valence-corrected chi connectivity index (χ4v) is 2.02. The molecule has 0 saturated carbocycles. The first-order valence-electron chi connectivity index (χ1n) is 7.24. The van der Waals surface area contributed by atoms with E-state index in [0.29, 0.717) is 18.7 Å². The number of benzene rings is 2. The monoisotopic (exact) mass is 301 g/mol. The minimum absolute atomic E-state index is 0.182. The fraction of sp³-hybridized carbons (Fsp3) is 0.278. The Labute approximate surface area is 130 Å². The van der Waals surface area contributed by atoms with E-state index in [0.717, 1.165) is 11.1 Å². The van der Waals surface area contributed by atoms with Gasteiger partial charge in [0.15, 0.2) is 0 Å². The Balaban J connectivity index is 1.79. The van der Waals surface area contributed by atoms with Crippen molar-refractivity contribution in [2.24, 2.45) is 0 Å². The Morgan fingerprint density at radius 2 is 1.91 bits per heavy atom. The minimum Gasteiger partial charge on any atom is -0.364 e. The van der Waals surface area contributed by atoms with Crippen molar-refractivity contribution in [2.45, 2.75) is 33.1 Å². The molecule has 0 bridgehead atoms. The van der Waals surface area contributed by atoms with Crippen molar-refractivity contribution in [3.05, 3.63) is 71.0 Å². The largest absolute Gasteiger partial charge is 0.364 e. The zero-order valence-electron chi connectivity index (χ0n) is 12.8. The Bertz CT molecular complexity index is 628. The third kappa shape index (κ3) is 4.67. The van der Waals surface area contributed by atoms with E-state index in [1.807, 2.05) is 30.3 Å². The van der Waals surface area contributed by atoms with E-state index in [-0.39, 0.29) is 11.7 Å². The highest BCUT2D eigenvalue weighted by Crippen LogP contribution is 2.09. The van der Waals surface area contributed by atoms with Crippen molar-refractivity contribution in [3.63, 3.8) is 0 Å². The lowest BCUT2D eigenvalue weighted by molar-refractivity contribution is -0.132. The third-order valence-electron chi connectivity index (χ3n) is 3.40. The van der Waals surface area contributed by atoms with E-state index in [2.05, 4.69) is 5.32 Å². The van der Waals surface area contributed by atoms with Crippen molar-refractivity contribution in [3.8, 4) is 0 Å². The Kier molecular flexibility index (Phi) is 5.67. The lowest BCUT2D eigenvalue weighted by Crippen LogP contribution is -2.34. The Hall–Kier alpha value is -2.20. The van der Waals surface area contributed by atoms with Crippen molar-refractivity contribution >= 4 is 5.91 Å². The number of amides is 1. The summed E-state index contributed by atoms with van der Waals surface area (Å²) in [5.41, 5.74) is 2.46. The van der Waals surface area contributed by atoms with Gasteiger partial charge in [-0.05, 0) is 36.6 Å². The number of hydrogen-bond donors (Lipinski definition) is 1. The van der Waals surface area contributed by atoms with Crippen molar-refractivity contribution < 1.29 is 13.9 Å². The average Bonchev–Trinajstić information content (AvgIpc) is 2.54. The molecule has 0 radical (unpaired) electrons. The summed E-state index contributed by atoms with van der Waals surface area (Å²) >= 11 is 0. The third-order valence-corrected chi connectivity index (χ3v) is 3.40. The van der Waals surface area contributed by atoms with Crippen LogP contribution >= 0.6 is 0 Å². The van der Waals surface area contributed by atoms with Gasteiger partial charge in [0, 0.05) is 6.54 Å². The molecule has 2 aromatic carbocycles. The predicted molar refractivity (Wildman–Crippen MR) is 83.7 cm³/mol. The molecule has 0 fully saturated rings. The van der Waals surface area contributed by atoms with Crippen LogP contribution in [0.15, 0.2) is 48.5 Å². The molecule has 0 aromatic heterocycles. The minimum atomic E-state index is -0.540. The number of halogens is 1. The molecule has 1 amide bonds. The number of nitrogens with one attached hydrogen (secondary N) is 1. The summed E-state index contributed by atoms with van der Waals surface area (Å²) in [5.74, 6) is -0.424. The van der Waals surface area contributed by atoms with Gasteiger partial charge in [-0.15, -0.1) is 0 Å². The summed E-state index contributed by atoms with van der Waals surface area (Å²) in [5, 5.41) is 2.80. The van der Waals surface area contributed by atoms with E-state index in [1.54, 1.807) is 26.0 Å². The van der Waals surface area contributed by atoms with Crippen LogP contribution in [-0.4, -0.2) is 12.0 Å². The summed E-state index contributed by atoms with van der Waals surface area (Å²) < 4.78 is 18.7. The molecular weight excluding hydrogens is 281 g/mol. The summed E-state index contributed by atoms with van der Waals surface area (Å²) in [4.78, 5) is 12.0. The SMILES string of the molecule is Cc1cc(CNC(=O)[C@H](C)OCc2ccccc2)ccc1F. The van der Waals surface area contributed by atoms with Crippen LogP contribution in [0.5, 0.6) is 0 Å². The van der Waals surface area contributed by atoms with Crippen LogP contribution in [0.1, 0.15) is 23.6 Å². The van der Waals surface area contributed by atoms with Crippen molar-refractivity contribution in [2.75, 3.05) is 0 Å². The van der Waals surface area contributed by atoms with Crippen LogP contribution in [-0.2, 0) is 22.7 Å². The van der Waals surface area contributed by atoms with Crippen LogP contribution in [0, 0.1) is 12.7 Å². The second-order valence-corrected chi connectivity index (χ2v) is 5.24. The molecule has 0 unspecified atom stereocenters. The molecule has 116 valence electrons. The zero-order chi connectivity index (χ0) is 15.9. The highest BCUT2D eigenvalue weighted by Gasteiger charge is 2.13. The molecule has 1 atom stereocenters. The van der Waals surface area contributed by atoms with Crippen LogP contribution in [0.25, 0.3) is 0 Å². The normalized spacial score (nSPS) is 12.0. The zero-order valence-corrected chi connectivity index (χ0v) is 12.8. The molecule has 2 rings (SSSR count). The molecule has 4 heteroatoms. The van der Waals surface area contributed by atoms with Crippen LogP contribution in [0.3, 0.4) is 0 Å². The van der Waals surface area contributed by atoms with E-state index in [1.165, 1.54) is 6.07 Å². The van der Waals surface area contributed by atoms with Gasteiger partial charge < -0.3 is 10.1 Å². The van der Waals surface area contributed by atoms with Gasteiger partial charge >= 0.3 is 0 Å². The molecule has 0 heterocycles. The first kappa shape index (κ1) is 16.2. The second-order valence-electron chi connectivity index (χ2n) is 5.24. The Morgan fingerprint density at radius 3 is 2.59 bits per heavy atom. The summed E-state index contributed by atoms with van der Waals surface area (Å²) in [7, 11) is 0. The van der Waals surface area contributed by atoms with Crippen LogP contribution < -0.4 is 5.32 Å². The van der Waals surface area contributed by atoms with Crippen LogP contribution in [0.4, 0.5) is 4.39 Å². The number of rotatable bonds is 6. The first-order chi connectivity index (χ1) is 10.6. The maximum absolute atomic E-state index is 13.2. The van der Waals surface area contributed by atoms with E-state index < -0.39 is 6.10 Å². The molecule has 0 aliphatic carbocycles. The van der Waals surface area contributed by atoms with Crippen molar-refractivity contribution in [1.29, 1.82) is 0 Å². The van der Waals surface area contributed by atoms with Gasteiger partial charge in [-0.1, -0.05) is 42.5 Å². The summed E-state index contributed by atoms with van der Waals surface area (Å²) in [6.07, 6.45) is -0.540. The average molecular weight is 301 g/mol. The topological polar surface area (TPSA) is 38.3 Å². The van der Waals surface area contributed by atoms with Gasteiger partial charge in [0.1, 0.15) is 11.9 Å². The summed E-state index contributed by atoms with van der Waals surface area (Å²) in [6, 6.07) is 14.5. The fourth-order valence-electron chi connectivity index (χ4n) is 2.02. The van der Waals surface area contributed by atoms with E-state index in [4.69, 9.17) is 4.74 Å². The molecule has 3 nitrogen and oxygen atoms in total. The molecule has 0 saturated heterocycles. The van der Waals surface area contributed by atoms with Crippen LogP contribution in [0.2, 0.25) is 0 Å². The number of hydrogen-bond acceptors (Lipinski definition) is 2. The number of ether oxygens (including phenoxy) is 1. The van der Waals surface area contributed by atoms with Gasteiger partial charge in [0.25, 0.3) is 0 Å². The molecule has 0 aliphatic rings. The van der Waals surface area contributed by atoms with Gasteiger partial charge in [-0.2, -0.15) is 0 Å². The smallest absolute Gasteiger partial charge is 0.249 e. The summed E-state index contributed by atoms with van der Waals surface area (Å²) in [6.45, 7) is 4.17. The molecule has 2 aromatic rings. The molecule has 0 spiro atoms. The van der Waals surface area contributed by atoms with Gasteiger partial charge in [-0.3, -0.25) is 4.79 Å². The molecule has 22 heavy (non-hydrogen) atoms. The number of aryl methyl sites for hydroxylation is 1. The highest BCUT2D eigenvalue weighted by atomic mass is 19.1. The highest BCUT2D eigenvalue weighted by molar-refractivity contribution is 5.80. The van der Waals surface area contributed by atoms with Gasteiger partial charge in [-0.25, -0.2) is 4.39 Å². The number of carbonyl (C=O) groups excluding carboxylic acids is 1. The number of carbonyl (C=O) groups is 1. The maximum Gasteiger partial charge on any atom is 0.249 e. The predicted octanol–water partition coefficient (Wildman–Crippen LogP) is 3.36. The van der Waals surface area contributed by atoms with Crippen molar-refractivity contribution in [1.82, 2.24) is 5.32 Å². The molecule has 0 aliphatic heterocycles. The maximum atomic E-state index is 13.2. The lowest BCUT2D eigenvalue weighted by atomic mass is 10.1. The molecular formula is C18H20FNO2. The first-order valence-corrected chi connectivity index (χ1v) is 7.24. The van der Waals surface area contributed by atoms with E-state index >= 15 is 0 Å².